The number of likely N-dealkylation sites (tertiary alicyclic amines) is 1. The van der Waals surface area contributed by atoms with Crippen LogP contribution in [0.5, 0.6) is 0 Å². The molecule has 2 amide bonds. The van der Waals surface area contributed by atoms with Crippen molar-refractivity contribution in [3.8, 4) is 0 Å². The fourth-order valence-electron chi connectivity index (χ4n) is 4.96. The maximum Gasteiger partial charge on any atom is 0.261 e. The average Bonchev–Trinajstić information content (AvgIpc) is 3.32. The summed E-state index contributed by atoms with van der Waals surface area (Å²) in [6.07, 6.45) is 2.37. The monoisotopic (exact) mass is 377 g/mol. The summed E-state index contributed by atoms with van der Waals surface area (Å²) in [6.45, 7) is 6.74. The molecule has 26 heavy (non-hydrogen) atoms. The Kier molecular flexibility index (Phi) is 4.79. The highest BCUT2D eigenvalue weighted by atomic mass is 32.1. The molecule has 3 aliphatic heterocycles. The molecule has 2 bridgehead atoms. The van der Waals surface area contributed by atoms with Crippen LogP contribution in [0.2, 0.25) is 0 Å². The van der Waals surface area contributed by atoms with Crippen molar-refractivity contribution in [1.82, 2.24) is 15.5 Å². The SMILES string of the molecule is CC(C)NC(=O)CN1C[C@@H]2[C@H](CNC(=O)c3cccs3)[C@H]3CC[C@]2(C1)O3. The minimum absolute atomic E-state index is 0.00277. The summed E-state index contributed by atoms with van der Waals surface area (Å²) in [5.74, 6) is 0.819. The van der Waals surface area contributed by atoms with E-state index in [1.165, 1.54) is 11.3 Å². The molecule has 0 radical (unpaired) electrons. The van der Waals surface area contributed by atoms with Gasteiger partial charge in [-0.15, -0.1) is 11.3 Å². The number of hydrogen-bond acceptors (Lipinski definition) is 5. The zero-order valence-electron chi connectivity index (χ0n) is 15.4. The van der Waals surface area contributed by atoms with E-state index in [0.29, 0.717) is 24.9 Å². The number of nitrogens with zero attached hydrogens (tertiary/aromatic N) is 1. The predicted molar refractivity (Wildman–Crippen MR) is 100 cm³/mol. The van der Waals surface area contributed by atoms with Gasteiger partial charge in [0.15, 0.2) is 0 Å². The van der Waals surface area contributed by atoms with Gasteiger partial charge in [0.1, 0.15) is 0 Å². The number of hydrogen-bond donors (Lipinski definition) is 2. The lowest BCUT2D eigenvalue weighted by molar-refractivity contribution is -0.122. The fourth-order valence-corrected chi connectivity index (χ4v) is 5.60. The van der Waals surface area contributed by atoms with E-state index in [1.807, 2.05) is 31.4 Å². The van der Waals surface area contributed by atoms with E-state index in [2.05, 4.69) is 15.5 Å². The maximum absolute atomic E-state index is 12.3. The summed E-state index contributed by atoms with van der Waals surface area (Å²) in [7, 11) is 0. The largest absolute Gasteiger partial charge is 0.370 e. The Morgan fingerprint density at radius 2 is 2.31 bits per heavy atom. The highest BCUT2D eigenvalue weighted by Crippen LogP contribution is 2.54. The van der Waals surface area contributed by atoms with Crippen LogP contribution in [0.15, 0.2) is 17.5 Å². The van der Waals surface area contributed by atoms with Crippen molar-refractivity contribution in [1.29, 1.82) is 0 Å². The molecule has 7 heteroatoms. The van der Waals surface area contributed by atoms with Crippen molar-refractivity contribution in [3.63, 3.8) is 0 Å². The van der Waals surface area contributed by atoms with Crippen LogP contribution in [0.25, 0.3) is 0 Å². The predicted octanol–water partition coefficient (Wildman–Crippen LogP) is 1.48. The molecule has 1 aromatic rings. The first-order valence-electron chi connectivity index (χ1n) is 9.48. The molecule has 142 valence electrons. The zero-order valence-corrected chi connectivity index (χ0v) is 16.2. The summed E-state index contributed by atoms with van der Waals surface area (Å²) >= 11 is 1.46. The molecule has 6 nitrogen and oxygen atoms in total. The molecular formula is C19H27N3O3S. The van der Waals surface area contributed by atoms with Crippen LogP contribution in [0.3, 0.4) is 0 Å². The topological polar surface area (TPSA) is 70.7 Å². The van der Waals surface area contributed by atoms with Crippen LogP contribution in [-0.2, 0) is 9.53 Å². The molecule has 0 aromatic carbocycles. The van der Waals surface area contributed by atoms with Gasteiger partial charge in [0.2, 0.25) is 5.91 Å². The number of fused-ring (bicyclic) bond motifs is 1. The summed E-state index contributed by atoms with van der Waals surface area (Å²) in [5, 5.41) is 7.98. The first kappa shape index (κ1) is 17.9. The van der Waals surface area contributed by atoms with Crippen LogP contribution in [-0.4, -0.2) is 60.6 Å². The average molecular weight is 378 g/mol. The molecule has 0 unspecified atom stereocenters. The highest BCUT2D eigenvalue weighted by Gasteiger charge is 2.62. The van der Waals surface area contributed by atoms with Crippen LogP contribution in [0.1, 0.15) is 36.4 Å². The van der Waals surface area contributed by atoms with Gasteiger partial charge in [0.05, 0.1) is 23.1 Å². The highest BCUT2D eigenvalue weighted by molar-refractivity contribution is 7.12. The Bertz CT molecular complexity index is 678. The van der Waals surface area contributed by atoms with Crippen molar-refractivity contribution in [3.05, 3.63) is 22.4 Å². The summed E-state index contributed by atoms with van der Waals surface area (Å²) in [5.41, 5.74) is -0.110. The molecule has 2 N–H and O–H groups in total. The maximum atomic E-state index is 12.3. The second-order valence-corrected chi connectivity index (χ2v) is 9.06. The Morgan fingerprint density at radius 3 is 3.04 bits per heavy atom. The Hall–Kier alpha value is -1.44. The molecule has 3 aliphatic rings. The number of thiophene rings is 1. The Labute approximate surface area is 158 Å². The van der Waals surface area contributed by atoms with Gasteiger partial charge in [-0.1, -0.05) is 6.07 Å². The number of nitrogens with one attached hydrogen (secondary N) is 2. The Morgan fingerprint density at radius 1 is 1.46 bits per heavy atom. The molecular weight excluding hydrogens is 350 g/mol. The van der Waals surface area contributed by atoms with Gasteiger partial charge in [0, 0.05) is 37.5 Å². The first-order chi connectivity index (χ1) is 12.5. The van der Waals surface area contributed by atoms with E-state index in [1.54, 1.807) is 0 Å². The van der Waals surface area contributed by atoms with Crippen molar-refractivity contribution in [2.45, 2.75) is 44.4 Å². The molecule has 1 spiro atoms. The summed E-state index contributed by atoms with van der Waals surface area (Å²) < 4.78 is 6.39. The molecule has 3 saturated heterocycles. The molecule has 1 aromatic heterocycles. The number of amides is 2. The number of carbonyl (C=O) groups excluding carboxylic acids is 2. The van der Waals surface area contributed by atoms with Gasteiger partial charge in [0.25, 0.3) is 5.91 Å². The van der Waals surface area contributed by atoms with Gasteiger partial charge < -0.3 is 15.4 Å². The van der Waals surface area contributed by atoms with Gasteiger partial charge in [-0.05, 0) is 38.1 Å². The van der Waals surface area contributed by atoms with Gasteiger partial charge in [-0.2, -0.15) is 0 Å². The smallest absolute Gasteiger partial charge is 0.261 e. The Balaban J connectivity index is 1.36. The molecule has 4 rings (SSSR count). The van der Waals surface area contributed by atoms with Crippen molar-refractivity contribution in [2.24, 2.45) is 11.8 Å². The van der Waals surface area contributed by atoms with E-state index in [4.69, 9.17) is 4.74 Å². The molecule has 0 saturated carbocycles. The number of ether oxygens (including phenoxy) is 1. The summed E-state index contributed by atoms with van der Waals surface area (Å²) in [4.78, 5) is 27.3. The third-order valence-electron chi connectivity index (χ3n) is 5.91. The molecule has 0 aliphatic carbocycles. The van der Waals surface area contributed by atoms with Gasteiger partial charge >= 0.3 is 0 Å². The van der Waals surface area contributed by atoms with Crippen LogP contribution >= 0.6 is 11.3 Å². The zero-order chi connectivity index (χ0) is 18.3. The van der Waals surface area contributed by atoms with E-state index in [0.717, 1.165) is 30.8 Å². The van der Waals surface area contributed by atoms with Crippen LogP contribution in [0.4, 0.5) is 0 Å². The third-order valence-corrected chi connectivity index (χ3v) is 6.78. The molecule has 4 heterocycles. The van der Waals surface area contributed by atoms with Gasteiger partial charge in [-0.25, -0.2) is 0 Å². The van der Waals surface area contributed by atoms with Crippen molar-refractivity contribution in [2.75, 3.05) is 26.2 Å². The normalized spacial score (nSPS) is 32.8. The quantitative estimate of drug-likeness (QED) is 0.788. The lowest BCUT2D eigenvalue weighted by Gasteiger charge is -2.29. The van der Waals surface area contributed by atoms with Gasteiger partial charge in [-0.3, -0.25) is 14.5 Å². The molecule has 4 atom stereocenters. The standard InChI is InChI=1S/C19H27N3O3S/c1-12(2)21-17(23)10-22-9-14-13(15-5-6-19(14,11-22)25-15)8-20-18(24)16-4-3-7-26-16/h3-4,7,12-15H,5-6,8-11H2,1-2H3,(H,20,24)(H,21,23)/t13-,14+,15+,19+/m0/s1. The van der Waals surface area contributed by atoms with Crippen molar-refractivity contribution >= 4 is 23.2 Å². The van der Waals surface area contributed by atoms with Crippen LogP contribution in [0, 0.1) is 11.8 Å². The van der Waals surface area contributed by atoms with E-state index in [9.17, 15) is 9.59 Å². The fraction of sp³-hybridized carbons (Fsp3) is 0.684. The van der Waals surface area contributed by atoms with E-state index < -0.39 is 0 Å². The second kappa shape index (κ2) is 6.94. The second-order valence-electron chi connectivity index (χ2n) is 8.11. The summed E-state index contributed by atoms with van der Waals surface area (Å²) in [6, 6.07) is 3.91. The number of rotatable bonds is 6. The van der Waals surface area contributed by atoms with Crippen LogP contribution < -0.4 is 10.6 Å². The number of carbonyl (C=O) groups is 2. The van der Waals surface area contributed by atoms with E-state index in [-0.39, 0.29) is 29.6 Å². The van der Waals surface area contributed by atoms with E-state index >= 15 is 0 Å². The lowest BCUT2D eigenvalue weighted by atomic mass is 9.73. The minimum atomic E-state index is -0.110. The lowest BCUT2D eigenvalue weighted by Crippen LogP contribution is -2.41. The third kappa shape index (κ3) is 3.28. The molecule has 3 fully saturated rings. The van der Waals surface area contributed by atoms with Crippen molar-refractivity contribution < 1.29 is 14.3 Å². The minimum Gasteiger partial charge on any atom is -0.370 e. The first-order valence-corrected chi connectivity index (χ1v) is 10.4.